The third kappa shape index (κ3) is 4.26. The van der Waals surface area contributed by atoms with Gasteiger partial charge < -0.3 is 30.3 Å². The largest absolute Gasteiger partial charge is 0.488 e. The summed E-state index contributed by atoms with van der Waals surface area (Å²) in [6.07, 6.45) is -0.299. The molecule has 0 bridgehead atoms. The summed E-state index contributed by atoms with van der Waals surface area (Å²) in [6, 6.07) is 18.4. The van der Waals surface area contributed by atoms with Crippen LogP contribution >= 0.6 is 0 Å². The molecular weight excluding hydrogens is 453 g/mol. The molecule has 1 amide bonds. The molecule has 7 nitrogen and oxygen atoms in total. The Hall–Kier alpha value is -3.33. The number of anilines is 1. The average Bonchev–Trinajstić information content (AvgIpc) is 3.21. The molecule has 1 aliphatic carbocycles. The number of hydrogen-bond acceptors (Lipinski definition) is 6. The smallest absolute Gasteiger partial charge is 0.448 e. The van der Waals surface area contributed by atoms with Gasteiger partial charge in [-0.3, -0.25) is 0 Å². The van der Waals surface area contributed by atoms with E-state index >= 15 is 0 Å². The summed E-state index contributed by atoms with van der Waals surface area (Å²) >= 11 is 0. The first-order valence-corrected chi connectivity index (χ1v) is 12.4. The number of ether oxygens (including phenoxy) is 1. The van der Waals surface area contributed by atoms with Crippen LogP contribution in [0.15, 0.2) is 54.6 Å². The van der Waals surface area contributed by atoms with E-state index in [4.69, 9.17) is 10.5 Å². The number of amides is 1. The second-order valence-electron chi connectivity index (χ2n) is 9.58. The zero-order valence-electron chi connectivity index (χ0n) is 20.8. The highest BCUT2D eigenvalue weighted by Gasteiger charge is 2.31. The number of nitrogens with two attached hydrogens (primary N) is 1. The first-order valence-electron chi connectivity index (χ1n) is 12.4. The minimum Gasteiger partial charge on any atom is -0.448 e. The second-order valence-corrected chi connectivity index (χ2v) is 9.58. The molecule has 0 radical (unpaired) electrons. The minimum absolute atomic E-state index is 0.0373. The molecule has 4 N–H and O–H groups in total. The van der Waals surface area contributed by atoms with Gasteiger partial charge in [0.15, 0.2) is 0 Å². The molecule has 0 spiro atoms. The molecule has 186 valence electrons. The van der Waals surface area contributed by atoms with E-state index < -0.39 is 7.12 Å². The van der Waals surface area contributed by atoms with E-state index in [-0.39, 0.29) is 12.0 Å². The first kappa shape index (κ1) is 24.4. The van der Waals surface area contributed by atoms with Gasteiger partial charge in [0.1, 0.15) is 6.61 Å². The van der Waals surface area contributed by atoms with Crippen molar-refractivity contribution in [2.75, 3.05) is 37.7 Å². The number of rotatable bonds is 5. The molecule has 0 saturated carbocycles. The fourth-order valence-corrected chi connectivity index (χ4v) is 5.73. The van der Waals surface area contributed by atoms with Gasteiger partial charge in [0, 0.05) is 44.3 Å². The lowest BCUT2D eigenvalue weighted by atomic mass is 9.74. The van der Waals surface area contributed by atoms with Gasteiger partial charge in [-0.1, -0.05) is 54.6 Å². The van der Waals surface area contributed by atoms with Crippen LogP contribution in [-0.2, 0) is 11.3 Å². The highest BCUT2D eigenvalue weighted by atomic mass is 16.6. The van der Waals surface area contributed by atoms with Crippen molar-refractivity contribution < 1.29 is 19.6 Å². The Kier molecular flexibility index (Phi) is 6.75. The van der Waals surface area contributed by atoms with Crippen LogP contribution in [0.1, 0.15) is 33.7 Å². The molecule has 1 aliphatic heterocycles. The van der Waals surface area contributed by atoms with Gasteiger partial charge in [-0.15, -0.1) is 0 Å². The van der Waals surface area contributed by atoms with Crippen LogP contribution in [0.2, 0.25) is 0 Å². The van der Waals surface area contributed by atoms with Crippen molar-refractivity contribution in [2.24, 2.45) is 5.73 Å². The lowest BCUT2D eigenvalue weighted by Crippen LogP contribution is -2.50. The van der Waals surface area contributed by atoms with Gasteiger partial charge in [0.25, 0.3) is 0 Å². The topological polar surface area (TPSA) is 99.3 Å². The normalized spacial score (nSPS) is 15.0. The molecule has 1 saturated heterocycles. The third-order valence-corrected chi connectivity index (χ3v) is 7.64. The summed E-state index contributed by atoms with van der Waals surface area (Å²) in [7, 11) is -1.56. The summed E-state index contributed by atoms with van der Waals surface area (Å²) in [4.78, 5) is 17.0. The predicted molar refractivity (Wildman–Crippen MR) is 142 cm³/mol. The van der Waals surface area contributed by atoms with Crippen molar-refractivity contribution >= 4 is 24.4 Å². The molecular formula is C28H32BN3O4. The van der Waals surface area contributed by atoms with Crippen molar-refractivity contribution in [2.45, 2.75) is 26.3 Å². The maximum Gasteiger partial charge on any atom is 0.488 e. The number of hydrogen-bond donors (Lipinski definition) is 3. The SMILES string of the molecule is Cc1c(CN)cc(B(O)O)c(C)c1N1CCN(C(=O)OCC2c3ccccc3-c3ccccc32)CC1. The number of carbonyl (C=O) groups is 1. The Morgan fingerprint density at radius 2 is 1.56 bits per heavy atom. The average molecular weight is 485 g/mol. The van der Waals surface area contributed by atoms with E-state index in [1.807, 2.05) is 38.1 Å². The minimum atomic E-state index is -1.56. The molecule has 1 heterocycles. The lowest BCUT2D eigenvalue weighted by molar-refractivity contribution is 0.0977. The maximum absolute atomic E-state index is 13.0. The standard InChI is InChI=1S/C28H32BN3O4/c1-18-20(16-30)15-26(29(34)35)19(2)27(18)31-11-13-32(14-12-31)28(33)36-17-25-23-9-5-3-7-21(23)22-8-4-6-10-24(22)25/h3-10,15,25,34-35H,11-14,16-17,30H2,1-2H3. The van der Waals surface area contributed by atoms with E-state index in [1.54, 1.807) is 11.0 Å². The summed E-state index contributed by atoms with van der Waals surface area (Å²) < 4.78 is 5.84. The van der Waals surface area contributed by atoms with Gasteiger partial charge >= 0.3 is 13.2 Å². The Morgan fingerprint density at radius 1 is 0.972 bits per heavy atom. The first-order chi connectivity index (χ1) is 17.4. The number of nitrogens with zero attached hydrogens (tertiary/aromatic N) is 2. The molecule has 3 aromatic rings. The number of carbonyl (C=O) groups excluding carboxylic acids is 1. The molecule has 1 fully saturated rings. The predicted octanol–water partition coefficient (Wildman–Crippen LogP) is 2.51. The number of fused-ring (bicyclic) bond motifs is 3. The lowest BCUT2D eigenvalue weighted by Gasteiger charge is -2.38. The van der Waals surface area contributed by atoms with Crippen molar-refractivity contribution in [3.05, 3.63) is 82.4 Å². The fraction of sp³-hybridized carbons (Fsp3) is 0.321. The van der Waals surface area contributed by atoms with Gasteiger partial charge in [0.05, 0.1) is 0 Å². The van der Waals surface area contributed by atoms with Gasteiger partial charge in [-0.05, 0) is 58.3 Å². The van der Waals surface area contributed by atoms with Crippen LogP contribution in [0, 0.1) is 13.8 Å². The van der Waals surface area contributed by atoms with E-state index in [0.29, 0.717) is 44.8 Å². The van der Waals surface area contributed by atoms with Crippen molar-refractivity contribution in [3.63, 3.8) is 0 Å². The van der Waals surface area contributed by atoms with Gasteiger partial charge in [-0.2, -0.15) is 0 Å². The Balaban J connectivity index is 1.26. The van der Waals surface area contributed by atoms with Crippen LogP contribution < -0.4 is 16.1 Å². The van der Waals surface area contributed by atoms with Crippen LogP contribution in [0.25, 0.3) is 11.1 Å². The summed E-state index contributed by atoms with van der Waals surface area (Å²) in [6.45, 7) is 6.84. The molecule has 36 heavy (non-hydrogen) atoms. The molecule has 3 aromatic carbocycles. The molecule has 5 rings (SSSR count). The monoisotopic (exact) mass is 485 g/mol. The quantitative estimate of drug-likeness (QED) is 0.481. The highest BCUT2D eigenvalue weighted by Crippen LogP contribution is 2.44. The van der Waals surface area contributed by atoms with Crippen LogP contribution in [-0.4, -0.2) is 60.9 Å². The van der Waals surface area contributed by atoms with E-state index in [2.05, 4.69) is 29.2 Å². The molecule has 2 aliphatic rings. The van der Waals surface area contributed by atoms with E-state index in [9.17, 15) is 14.8 Å². The molecule has 8 heteroatoms. The zero-order valence-corrected chi connectivity index (χ0v) is 20.8. The Bertz CT molecular complexity index is 1240. The third-order valence-electron chi connectivity index (χ3n) is 7.64. The van der Waals surface area contributed by atoms with Gasteiger partial charge in [-0.25, -0.2) is 4.79 Å². The van der Waals surface area contributed by atoms with Crippen molar-refractivity contribution in [3.8, 4) is 11.1 Å². The number of benzene rings is 3. The summed E-state index contributed by atoms with van der Waals surface area (Å²) in [5.41, 5.74) is 14.9. The van der Waals surface area contributed by atoms with E-state index in [1.165, 1.54) is 22.3 Å². The summed E-state index contributed by atoms with van der Waals surface area (Å²) in [5, 5.41) is 19.7. The maximum atomic E-state index is 13.0. The van der Waals surface area contributed by atoms with Crippen LogP contribution in [0.3, 0.4) is 0 Å². The Labute approximate surface area is 212 Å². The van der Waals surface area contributed by atoms with Crippen LogP contribution in [0.4, 0.5) is 10.5 Å². The molecule has 0 aromatic heterocycles. The van der Waals surface area contributed by atoms with Gasteiger partial charge in [0.2, 0.25) is 0 Å². The zero-order chi connectivity index (χ0) is 25.4. The molecule has 0 atom stereocenters. The number of piperazine rings is 1. The van der Waals surface area contributed by atoms with Crippen molar-refractivity contribution in [1.29, 1.82) is 0 Å². The molecule has 0 unspecified atom stereocenters. The fourth-order valence-electron chi connectivity index (χ4n) is 5.73. The van der Waals surface area contributed by atoms with E-state index in [0.717, 1.165) is 22.4 Å². The summed E-state index contributed by atoms with van der Waals surface area (Å²) in [5.74, 6) is 0.0373. The second kappa shape index (κ2) is 9.97. The Morgan fingerprint density at radius 3 is 2.11 bits per heavy atom. The highest BCUT2D eigenvalue weighted by molar-refractivity contribution is 6.59. The van der Waals surface area contributed by atoms with Crippen LogP contribution in [0.5, 0.6) is 0 Å². The van der Waals surface area contributed by atoms with Crippen molar-refractivity contribution in [1.82, 2.24) is 4.90 Å².